The van der Waals surface area contributed by atoms with Gasteiger partial charge in [0.1, 0.15) is 18.2 Å². The maximum Gasteiger partial charge on any atom is 0.179 e. The Morgan fingerprint density at radius 1 is 0.833 bits per heavy atom. The molecule has 0 radical (unpaired) electrons. The monoisotopic (exact) mass is 592 g/mol. The molecule has 4 aromatic carbocycles. The number of ether oxygens (including phenoxy) is 1. The lowest BCUT2D eigenvalue weighted by atomic mass is 10.0. The second-order valence-corrected chi connectivity index (χ2v) is 10.5. The number of nitrogens with one attached hydrogen (secondary N) is 1. The third-order valence-corrected chi connectivity index (χ3v) is 7.40. The van der Waals surface area contributed by atoms with Gasteiger partial charge in [0, 0.05) is 28.9 Å². The van der Waals surface area contributed by atoms with E-state index >= 15 is 0 Å². The fraction of sp³-hybridized carbons (Fsp3) is 0.0909. The first-order valence-corrected chi connectivity index (χ1v) is 14.2. The number of aryl methyl sites for hydroxylation is 1. The van der Waals surface area contributed by atoms with Crippen LogP contribution in [0, 0.1) is 0 Å². The van der Waals surface area contributed by atoms with Crippen molar-refractivity contribution in [1.82, 2.24) is 30.2 Å². The molecule has 42 heavy (non-hydrogen) atoms. The van der Waals surface area contributed by atoms with Crippen LogP contribution in [-0.4, -0.2) is 30.2 Å². The Bertz CT molecular complexity index is 1810. The van der Waals surface area contributed by atoms with Crippen LogP contribution in [-0.2, 0) is 13.2 Å². The van der Waals surface area contributed by atoms with Crippen molar-refractivity contribution in [3.8, 4) is 39.5 Å². The van der Waals surface area contributed by atoms with Gasteiger partial charge in [0.05, 0.1) is 10.7 Å². The molecule has 0 unspecified atom stereocenters. The summed E-state index contributed by atoms with van der Waals surface area (Å²) in [5.41, 5.74) is 7.00. The van der Waals surface area contributed by atoms with E-state index in [1.165, 1.54) is 0 Å². The van der Waals surface area contributed by atoms with Crippen molar-refractivity contribution in [2.24, 2.45) is 0 Å². The maximum atomic E-state index is 6.41. The van der Waals surface area contributed by atoms with Crippen LogP contribution in [0.3, 0.4) is 0 Å². The van der Waals surface area contributed by atoms with Crippen molar-refractivity contribution >= 4 is 35.4 Å². The molecule has 0 amide bonds. The van der Waals surface area contributed by atoms with E-state index in [2.05, 4.69) is 74.6 Å². The molecule has 7 nitrogen and oxygen atoms in total. The van der Waals surface area contributed by atoms with Gasteiger partial charge in [-0.25, -0.2) is 10.1 Å². The fourth-order valence-corrected chi connectivity index (χ4v) is 5.06. The predicted octanol–water partition coefficient (Wildman–Crippen LogP) is 8.47. The number of rotatable bonds is 9. The largest absolute Gasteiger partial charge is 0.489 e. The van der Waals surface area contributed by atoms with Gasteiger partial charge in [-0.3, -0.25) is 0 Å². The van der Waals surface area contributed by atoms with Gasteiger partial charge < -0.3 is 9.30 Å². The van der Waals surface area contributed by atoms with Crippen LogP contribution >= 0.6 is 23.2 Å². The molecule has 2 aromatic heterocycles. The molecule has 0 aliphatic rings. The molecule has 0 aliphatic carbocycles. The first-order chi connectivity index (χ1) is 20.6. The van der Waals surface area contributed by atoms with Gasteiger partial charge in [-0.15, -0.1) is 5.10 Å². The summed E-state index contributed by atoms with van der Waals surface area (Å²) in [5.74, 6) is 2.31. The highest BCUT2D eigenvalue weighted by atomic mass is 35.5. The van der Waals surface area contributed by atoms with E-state index in [4.69, 9.17) is 32.9 Å². The van der Waals surface area contributed by atoms with E-state index in [0.717, 1.165) is 57.2 Å². The van der Waals surface area contributed by atoms with Crippen molar-refractivity contribution in [3.63, 3.8) is 0 Å². The summed E-state index contributed by atoms with van der Waals surface area (Å²) in [6.45, 7) is 3.36. The van der Waals surface area contributed by atoms with Gasteiger partial charge >= 0.3 is 0 Å². The first kappa shape index (κ1) is 27.4. The molecule has 9 heteroatoms. The lowest BCUT2D eigenvalue weighted by Crippen LogP contribution is -1.95. The molecule has 2 heterocycles. The summed E-state index contributed by atoms with van der Waals surface area (Å²) in [7, 11) is 0. The van der Waals surface area contributed by atoms with Gasteiger partial charge in [0.2, 0.25) is 0 Å². The van der Waals surface area contributed by atoms with Crippen molar-refractivity contribution in [1.29, 1.82) is 0 Å². The molecular formula is C33H26Cl2N6O. The molecule has 0 atom stereocenters. The zero-order valence-electron chi connectivity index (χ0n) is 22.7. The Labute approximate surface area is 253 Å². The summed E-state index contributed by atoms with van der Waals surface area (Å²) in [6.07, 6.45) is 6.10. The predicted molar refractivity (Wildman–Crippen MR) is 168 cm³/mol. The minimum Gasteiger partial charge on any atom is -0.489 e. The number of nitrogens with zero attached hydrogens (tertiary/aromatic N) is 5. The fourth-order valence-electron chi connectivity index (χ4n) is 4.55. The summed E-state index contributed by atoms with van der Waals surface area (Å²) >= 11 is 12.5. The smallest absolute Gasteiger partial charge is 0.179 e. The van der Waals surface area contributed by atoms with Crippen molar-refractivity contribution in [2.75, 3.05) is 0 Å². The standard InChI is InChI=1S/C33H26Cl2N6O/c1-2-41-20-31(29-17-14-27(34)19-30(29)35)36-32(41)18-7-22-3-8-24(9-4-22)25-12-15-28(16-13-25)42-21-23-5-10-26(11-6-23)33-37-39-40-38-33/h3-20H,2,21H2,1H3,(H,37,38,39,40). The summed E-state index contributed by atoms with van der Waals surface area (Å²) in [5, 5.41) is 15.1. The Hall–Kier alpha value is -4.72. The molecule has 0 saturated carbocycles. The van der Waals surface area contributed by atoms with Crippen LogP contribution in [0.15, 0.2) is 97.2 Å². The van der Waals surface area contributed by atoms with E-state index in [9.17, 15) is 0 Å². The van der Waals surface area contributed by atoms with Crippen LogP contribution < -0.4 is 4.74 Å². The van der Waals surface area contributed by atoms with Crippen molar-refractivity contribution in [2.45, 2.75) is 20.1 Å². The number of hydrogen-bond acceptors (Lipinski definition) is 5. The second-order valence-electron chi connectivity index (χ2n) is 9.61. The number of aromatic nitrogens is 6. The minimum absolute atomic E-state index is 0.472. The zero-order chi connectivity index (χ0) is 28.9. The second kappa shape index (κ2) is 12.4. The highest BCUT2D eigenvalue weighted by Crippen LogP contribution is 2.30. The summed E-state index contributed by atoms with van der Waals surface area (Å²) in [6, 6.07) is 30.0. The Kier molecular flexibility index (Phi) is 8.12. The van der Waals surface area contributed by atoms with E-state index < -0.39 is 0 Å². The Morgan fingerprint density at radius 2 is 1.55 bits per heavy atom. The molecule has 208 valence electrons. The number of tetrazole rings is 1. The van der Waals surface area contributed by atoms with Crippen LogP contribution in [0.4, 0.5) is 0 Å². The van der Waals surface area contributed by atoms with E-state index in [1.807, 2.05) is 60.8 Å². The van der Waals surface area contributed by atoms with Crippen molar-refractivity contribution in [3.05, 3.63) is 124 Å². The highest BCUT2D eigenvalue weighted by molar-refractivity contribution is 6.36. The normalized spacial score (nSPS) is 11.3. The van der Waals surface area contributed by atoms with Crippen LogP contribution in [0.1, 0.15) is 23.9 Å². The number of benzene rings is 4. The van der Waals surface area contributed by atoms with Gasteiger partial charge in [-0.05, 0) is 76.0 Å². The minimum atomic E-state index is 0.472. The molecule has 6 aromatic rings. The lowest BCUT2D eigenvalue weighted by Gasteiger charge is -2.08. The average Bonchev–Trinajstić information content (AvgIpc) is 3.71. The third kappa shape index (κ3) is 6.28. The van der Waals surface area contributed by atoms with Gasteiger partial charge in [-0.1, -0.05) is 89.9 Å². The van der Waals surface area contributed by atoms with E-state index in [-0.39, 0.29) is 0 Å². The molecule has 6 rings (SSSR count). The van der Waals surface area contributed by atoms with Crippen LogP contribution in [0.5, 0.6) is 5.75 Å². The molecule has 0 aliphatic heterocycles. The average molecular weight is 594 g/mol. The Morgan fingerprint density at radius 3 is 2.21 bits per heavy atom. The summed E-state index contributed by atoms with van der Waals surface area (Å²) in [4.78, 5) is 4.81. The SMILES string of the molecule is CCn1cc(-c2ccc(Cl)cc2Cl)nc1C=Cc1ccc(-c2ccc(OCc3ccc(-c4nnn[nH]4)cc3)cc2)cc1. The number of aromatic amines is 1. The van der Waals surface area contributed by atoms with Crippen LogP contribution in [0.25, 0.3) is 45.9 Å². The molecule has 0 fully saturated rings. The first-order valence-electron chi connectivity index (χ1n) is 13.4. The quantitative estimate of drug-likeness (QED) is 0.182. The number of halogens is 2. The van der Waals surface area contributed by atoms with Gasteiger partial charge in [0.25, 0.3) is 0 Å². The van der Waals surface area contributed by atoms with Crippen LogP contribution in [0.2, 0.25) is 10.0 Å². The Balaban J connectivity index is 1.08. The molecule has 0 spiro atoms. The number of imidazole rings is 1. The lowest BCUT2D eigenvalue weighted by molar-refractivity contribution is 0.306. The highest BCUT2D eigenvalue weighted by Gasteiger charge is 2.11. The molecule has 1 N–H and O–H groups in total. The summed E-state index contributed by atoms with van der Waals surface area (Å²) < 4.78 is 8.09. The topological polar surface area (TPSA) is 81.5 Å². The van der Waals surface area contributed by atoms with E-state index in [1.54, 1.807) is 6.07 Å². The zero-order valence-corrected chi connectivity index (χ0v) is 24.2. The number of hydrogen-bond donors (Lipinski definition) is 1. The molecular weight excluding hydrogens is 567 g/mol. The van der Waals surface area contributed by atoms with Gasteiger partial charge in [0.15, 0.2) is 5.82 Å². The third-order valence-electron chi connectivity index (χ3n) is 6.86. The molecule has 0 bridgehead atoms. The van der Waals surface area contributed by atoms with Gasteiger partial charge in [-0.2, -0.15) is 0 Å². The van der Waals surface area contributed by atoms with E-state index in [0.29, 0.717) is 22.5 Å². The van der Waals surface area contributed by atoms with Crippen molar-refractivity contribution < 1.29 is 4.74 Å². The number of H-pyrrole nitrogens is 1. The molecule has 0 saturated heterocycles. The maximum absolute atomic E-state index is 6.41.